The number of halogens is 1. The maximum Gasteiger partial charge on any atom is 0.282 e. The Balaban J connectivity index is 1.24. The normalized spacial score (nSPS) is 30.8. The van der Waals surface area contributed by atoms with Gasteiger partial charge in [-0.3, -0.25) is 10.4 Å². The number of hydrazine groups is 1. The van der Waals surface area contributed by atoms with Gasteiger partial charge in [0.15, 0.2) is 11.6 Å². The molecule has 198 valence electrons. The average Bonchev–Trinajstić information content (AvgIpc) is 3.36. The van der Waals surface area contributed by atoms with E-state index in [1.165, 1.54) is 4.31 Å². The molecule has 3 unspecified atom stereocenters. The maximum absolute atomic E-state index is 15.4. The fourth-order valence-corrected chi connectivity index (χ4v) is 8.24. The van der Waals surface area contributed by atoms with Crippen LogP contribution in [0.3, 0.4) is 0 Å². The van der Waals surface area contributed by atoms with Crippen LogP contribution in [-0.4, -0.2) is 70.4 Å². The van der Waals surface area contributed by atoms with Crippen LogP contribution in [0.4, 0.5) is 16.0 Å². The Kier molecular flexibility index (Phi) is 6.20. The fraction of sp³-hybridized carbons (Fsp3) is 0.625. The quantitative estimate of drug-likeness (QED) is 0.441. The molecular weight excluding hydrogens is 497 g/mol. The van der Waals surface area contributed by atoms with E-state index in [0.29, 0.717) is 24.0 Å². The minimum Gasteiger partial charge on any atom is -0.367 e. The van der Waals surface area contributed by atoms with E-state index in [-0.39, 0.29) is 60.7 Å². The van der Waals surface area contributed by atoms with Crippen molar-refractivity contribution < 1.29 is 12.8 Å². The lowest BCUT2D eigenvalue weighted by atomic mass is 9.99. The molecule has 4 aliphatic rings. The van der Waals surface area contributed by atoms with Crippen molar-refractivity contribution in [3.8, 4) is 6.07 Å². The number of piperidine rings is 1. The van der Waals surface area contributed by atoms with Crippen LogP contribution < -0.4 is 21.5 Å². The molecule has 6 heterocycles. The maximum atomic E-state index is 15.4. The molecule has 0 spiro atoms. The number of nitrogens with zero attached hydrogens (tertiary/aromatic N) is 5. The van der Waals surface area contributed by atoms with Gasteiger partial charge in [-0.1, -0.05) is 0 Å². The van der Waals surface area contributed by atoms with Crippen LogP contribution in [0.15, 0.2) is 12.3 Å². The lowest BCUT2D eigenvalue weighted by Crippen LogP contribution is -2.59. The molecular formula is C24H32FN9O2S. The third-order valence-corrected chi connectivity index (χ3v) is 10.0. The molecule has 0 aliphatic carbocycles. The Hall–Kier alpha value is -2.63. The fourth-order valence-electron chi connectivity index (χ4n) is 6.10. The van der Waals surface area contributed by atoms with Gasteiger partial charge in [0.05, 0.1) is 18.2 Å². The molecule has 2 bridgehead atoms. The number of pyridine rings is 2. The predicted octanol–water partition coefficient (Wildman–Crippen LogP) is 1.81. The highest BCUT2D eigenvalue weighted by atomic mass is 32.2. The van der Waals surface area contributed by atoms with Gasteiger partial charge >= 0.3 is 0 Å². The highest BCUT2D eigenvalue weighted by molar-refractivity contribution is 7.86. The van der Waals surface area contributed by atoms with E-state index in [9.17, 15) is 8.42 Å². The van der Waals surface area contributed by atoms with Gasteiger partial charge < -0.3 is 10.6 Å². The highest BCUT2D eigenvalue weighted by Gasteiger charge is 2.51. The van der Waals surface area contributed by atoms with Gasteiger partial charge in [-0.05, 0) is 57.6 Å². The minimum absolute atomic E-state index is 0.00647. The SMILES string of the molecule is Cc1cnc2c(F)c(NC3CC(C)NN3)nc(NC3C[C@H]4CC[C@@H](C3)N4S(=O)(=O)N3CC(C#N)C3)c2c1. The molecule has 4 aliphatic heterocycles. The Morgan fingerprint density at radius 3 is 2.51 bits per heavy atom. The van der Waals surface area contributed by atoms with Gasteiger partial charge in [-0.2, -0.15) is 22.3 Å². The lowest BCUT2D eigenvalue weighted by molar-refractivity contribution is 0.182. The van der Waals surface area contributed by atoms with Gasteiger partial charge in [0.25, 0.3) is 10.2 Å². The standard InChI is InChI=1S/C24H32FN9O2S/c1-13-5-19-22(27-10-13)21(25)24(29-20-6-14(2)31-32-20)30-23(19)28-16-7-17-3-4-18(8-16)34(17)37(35,36)33-11-15(9-26)12-33/h5,10,14-18,20,31-32H,3-4,6-8,11-12H2,1-2H3,(H2,28,29,30)/t14?,16?,17-,18+,20?. The van der Waals surface area contributed by atoms with E-state index in [1.807, 2.05) is 19.9 Å². The van der Waals surface area contributed by atoms with E-state index in [2.05, 4.69) is 37.5 Å². The number of nitriles is 1. The molecule has 6 rings (SSSR count). The highest BCUT2D eigenvalue weighted by Crippen LogP contribution is 2.41. The van der Waals surface area contributed by atoms with Crippen LogP contribution in [0.1, 0.15) is 44.6 Å². The number of hydrogen-bond donors (Lipinski definition) is 4. The summed E-state index contributed by atoms with van der Waals surface area (Å²) in [6.45, 7) is 4.50. The second kappa shape index (κ2) is 9.28. The van der Waals surface area contributed by atoms with Crippen molar-refractivity contribution in [1.82, 2.24) is 29.4 Å². The number of hydrogen-bond acceptors (Lipinski definition) is 9. The first-order valence-electron chi connectivity index (χ1n) is 12.9. The second-order valence-corrected chi connectivity index (χ2v) is 12.7. The summed E-state index contributed by atoms with van der Waals surface area (Å²) in [5.41, 5.74) is 7.38. The smallest absolute Gasteiger partial charge is 0.282 e. The zero-order valence-electron chi connectivity index (χ0n) is 20.9. The molecule has 0 aromatic carbocycles. The van der Waals surface area contributed by atoms with E-state index < -0.39 is 16.0 Å². The molecule has 2 aromatic heterocycles. The molecule has 4 N–H and O–H groups in total. The van der Waals surface area contributed by atoms with E-state index in [4.69, 9.17) is 5.26 Å². The average molecular weight is 530 g/mol. The van der Waals surface area contributed by atoms with Crippen molar-refractivity contribution in [2.45, 2.75) is 76.3 Å². The van der Waals surface area contributed by atoms with E-state index in [0.717, 1.165) is 24.8 Å². The van der Waals surface area contributed by atoms with Crippen LogP contribution in [0, 0.1) is 30.0 Å². The second-order valence-electron chi connectivity index (χ2n) is 10.8. The number of nitrogens with one attached hydrogen (secondary N) is 4. The summed E-state index contributed by atoms with van der Waals surface area (Å²) in [6.07, 6.45) is 5.14. The van der Waals surface area contributed by atoms with Crippen molar-refractivity contribution in [2.24, 2.45) is 5.92 Å². The lowest BCUT2D eigenvalue weighted by Gasteiger charge is -2.44. The first-order chi connectivity index (χ1) is 17.7. The monoisotopic (exact) mass is 529 g/mol. The first kappa shape index (κ1) is 24.7. The summed E-state index contributed by atoms with van der Waals surface area (Å²) in [7, 11) is -3.58. The van der Waals surface area contributed by atoms with Crippen molar-refractivity contribution in [1.29, 1.82) is 5.26 Å². The van der Waals surface area contributed by atoms with Gasteiger partial charge in [0.2, 0.25) is 0 Å². The molecule has 11 nitrogen and oxygen atoms in total. The van der Waals surface area contributed by atoms with Gasteiger partial charge in [0, 0.05) is 48.8 Å². The largest absolute Gasteiger partial charge is 0.367 e. The Morgan fingerprint density at radius 2 is 1.86 bits per heavy atom. The summed E-state index contributed by atoms with van der Waals surface area (Å²) >= 11 is 0. The van der Waals surface area contributed by atoms with Crippen LogP contribution in [0.2, 0.25) is 0 Å². The number of aromatic nitrogens is 2. The summed E-state index contributed by atoms with van der Waals surface area (Å²) < 4.78 is 45.1. The molecule has 37 heavy (non-hydrogen) atoms. The Morgan fingerprint density at radius 1 is 1.14 bits per heavy atom. The Bertz CT molecular complexity index is 1350. The van der Waals surface area contributed by atoms with Crippen molar-refractivity contribution >= 4 is 32.7 Å². The van der Waals surface area contributed by atoms with Crippen molar-refractivity contribution in [3.63, 3.8) is 0 Å². The molecule has 4 fully saturated rings. The molecule has 0 saturated carbocycles. The van der Waals surface area contributed by atoms with Gasteiger partial charge in [0.1, 0.15) is 11.3 Å². The zero-order valence-corrected chi connectivity index (χ0v) is 21.7. The third-order valence-electron chi connectivity index (χ3n) is 7.95. The molecule has 5 atom stereocenters. The van der Waals surface area contributed by atoms with Crippen molar-refractivity contribution in [3.05, 3.63) is 23.6 Å². The van der Waals surface area contributed by atoms with Crippen molar-refractivity contribution in [2.75, 3.05) is 23.7 Å². The summed E-state index contributed by atoms with van der Waals surface area (Å²) in [6, 6.07) is 4.05. The number of anilines is 2. The minimum atomic E-state index is -3.58. The van der Waals surface area contributed by atoms with Gasteiger partial charge in [-0.15, -0.1) is 0 Å². The van der Waals surface area contributed by atoms with Gasteiger partial charge in [-0.25, -0.2) is 14.8 Å². The Labute approximate surface area is 216 Å². The zero-order chi connectivity index (χ0) is 25.9. The van der Waals surface area contributed by atoms with Crippen LogP contribution in [0.25, 0.3) is 10.9 Å². The predicted molar refractivity (Wildman–Crippen MR) is 137 cm³/mol. The summed E-state index contributed by atoms with van der Waals surface area (Å²) in [4.78, 5) is 9.03. The molecule has 13 heteroatoms. The third kappa shape index (κ3) is 4.40. The molecule has 0 amide bonds. The number of aryl methyl sites for hydroxylation is 1. The number of rotatable bonds is 6. The summed E-state index contributed by atoms with van der Waals surface area (Å²) in [5, 5.41) is 16.3. The van der Waals surface area contributed by atoms with E-state index >= 15 is 4.39 Å². The molecule has 0 radical (unpaired) electrons. The topological polar surface area (TPSA) is 138 Å². The van der Waals surface area contributed by atoms with Crippen LogP contribution in [0.5, 0.6) is 0 Å². The van der Waals surface area contributed by atoms with Crippen LogP contribution in [-0.2, 0) is 10.2 Å². The molecule has 2 aromatic rings. The number of fused-ring (bicyclic) bond motifs is 3. The summed E-state index contributed by atoms with van der Waals surface area (Å²) in [5.74, 6) is -0.0298. The van der Waals surface area contributed by atoms with Crippen LogP contribution >= 0.6 is 0 Å². The first-order valence-corrected chi connectivity index (χ1v) is 14.3. The molecule has 4 saturated heterocycles. The van der Waals surface area contributed by atoms with E-state index in [1.54, 1.807) is 10.5 Å².